The van der Waals surface area contributed by atoms with E-state index in [0.717, 1.165) is 15.3 Å². The number of aliphatic carboxylic acids is 1. The minimum atomic E-state index is -0.828. The van der Waals surface area contributed by atoms with E-state index in [9.17, 15) is 9.18 Å². The lowest BCUT2D eigenvalue weighted by Gasteiger charge is -2.23. The first-order valence-corrected chi connectivity index (χ1v) is 7.58. The van der Waals surface area contributed by atoms with E-state index < -0.39 is 5.97 Å². The summed E-state index contributed by atoms with van der Waals surface area (Å²) in [5, 5.41) is 8.94. The van der Waals surface area contributed by atoms with Crippen molar-refractivity contribution >= 4 is 17.3 Å². The summed E-state index contributed by atoms with van der Waals surface area (Å²) >= 11 is 1.57. The molecule has 3 nitrogen and oxygen atoms in total. The van der Waals surface area contributed by atoms with E-state index in [0.29, 0.717) is 6.54 Å². The molecule has 21 heavy (non-hydrogen) atoms. The predicted molar refractivity (Wildman–Crippen MR) is 82.9 cm³/mol. The van der Waals surface area contributed by atoms with E-state index in [-0.39, 0.29) is 18.4 Å². The van der Waals surface area contributed by atoms with Gasteiger partial charge in [-0.25, -0.2) is 4.39 Å². The Bertz CT molecular complexity index is 624. The standard InChI is InChI=1S/C16H18FNO2S/c1-11(2)18(10-16(19)20)9-14-6-7-15(21-14)12-4-3-5-13(17)8-12/h3-8,11H,9-10H2,1-2H3,(H,19,20). The molecule has 1 aromatic heterocycles. The van der Waals surface area contributed by atoms with E-state index in [4.69, 9.17) is 5.11 Å². The largest absolute Gasteiger partial charge is 0.480 e. The van der Waals surface area contributed by atoms with Crippen LogP contribution >= 0.6 is 11.3 Å². The van der Waals surface area contributed by atoms with Crippen molar-refractivity contribution in [3.05, 3.63) is 47.1 Å². The molecule has 0 fully saturated rings. The van der Waals surface area contributed by atoms with Gasteiger partial charge in [0.2, 0.25) is 0 Å². The molecule has 0 aliphatic carbocycles. The second-order valence-electron chi connectivity index (χ2n) is 5.17. The molecule has 5 heteroatoms. The molecule has 2 aromatic rings. The fourth-order valence-electron chi connectivity index (χ4n) is 2.05. The van der Waals surface area contributed by atoms with E-state index in [1.165, 1.54) is 12.1 Å². The lowest BCUT2D eigenvalue weighted by atomic mass is 10.2. The Kier molecular flexibility index (Phi) is 5.09. The number of hydrogen-bond acceptors (Lipinski definition) is 3. The average Bonchev–Trinajstić information content (AvgIpc) is 2.86. The number of rotatable bonds is 6. The monoisotopic (exact) mass is 307 g/mol. The number of benzene rings is 1. The van der Waals surface area contributed by atoms with Crippen LogP contribution in [0.5, 0.6) is 0 Å². The van der Waals surface area contributed by atoms with Gasteiger partial charge < -0.3 is 5.11 Å². The minimum absolute atomic E-state index is 0.0187. The van der Waals surface area contributed by atoms with Crippen molar-refractivity contribution in [1.82, 2.24) is 4.90 Å². The molecule has 0 radical (unpaired) electrons. The highest BCUT2D eigenvalue weighted by Crippen LogP contribution is 2.29. The van der Waals surface area contributed by atoms with E-state index in [1.54, 1.807) is 17.4 Å². The van der Waals surface area contributed by atoms with Crippen LogP contribution in [-0.2, 0) is 11.3 Å². The average molecular weight is 307 g/mol. The number of nitrogens with zero attached hydrogens (tertiary/aromatic N) is 1. The smallest absolute Gasteiger partial charge is 0.317 e. The van der Waals surface area contributed by atoms with Crippen molar-refractivity contribution in [1.29, 1.82) is 0 Å². The van der Waals surface area contributed by atoms with Crippen molar-refractivity contribution < 1.29 is 14.3 Å². The normalized spacial score (nSPS) is 11.3. The molecule has 0 aliphatic heterocycles. The summed E-state index contributed by atoms with van der Waals surface area (Å²) in [5.74, 6) is -1.08. The van der Waals surface area contributed by atoms with Crippen LogP contribution in [0, 0.1) is 5.82 Å². The molecule has 1 aromatic carbocycles. The highest BCUT2D eigenvalue weighted by molar-refractivity contribution is 7.15. The summed E-state index contributed by atoms with van der Waals surface area (Å²) in [5.41, 5.74) is 0.848. The lowest BCUT2D eigenvalue weighted by molar-refractivity contribution is -0.138. The van der Waals surface area contributed by atoms with Crippen LogP contribution < -0.4 is 0 Å². The summed E-state index contributed by atoms with van der Waals surface area (Å²) < 4.78 is 13.3. The number of halogens is 1. The minimum Gasteiger partial charge on any atom is -0.480 e. The maximum atomic E-state index is 13.3. The Morgan fingerprint density at radius 1 is 1.33 bits per heavy atom. The van der Waals surface area contributed by atoms with Gasteiger partial charge in [-0.3, -0.25) is 9.69 Å². The van der Waals surface area contributed by atoms with Crippen molar-refractivity contribution in [3.8, 4) is 10.4 Å². The molecular formula is C16H18FNO2S. The third-order valence-electron chi connectivity index (χ3n) is 3.20. The van der Waals surface area contributed by atoms with Crippen molar-refractivity contribution in [3.63, 3.8) is 0 Å². The van der Waals surface area contributed by atoms with Crippen LogP contribution in [0.2, 0.25) is 0 Å². The van der Waals surface area contributed by atoms with E-state index in [2.05, 4.69) is 0 Å². The zero-order valence-electron chi connectivity index (χ0n) is 12.0. The molecule has 0 saturated heterocycles. The fraction of sp³-hybridized carbons (Fsp3) is 0.312. The Morgan fingerprint density at radius 2 is 2.10 bits per heavy atom. The summed E-state index contributed by atoms with van der Waals surface area (Å²) in [6.45, 7) is 4.56. The molecule has 0 spiro atoms. The maximum absolute atomic E-state index is 13.3. The third-order valence-corrected chi connectivity index (χ3v) is 4.32. The Labute approximate surface area is 127 Å². The Morgan fingerprint density at radius 3 is 2.71 bits per heavy atom. The number of thiophene rings is 1. The van der Waals surface area contributed by atoms with Gasteiger partial charge in [0.25, 0.3) is 0 Å². The molecule has 1 heterocycles. The van der Waals surface area contributed by atoms with Crippen LogP contribution in [0.1, 0.15) is 18.7 Å². The second-order valence-corrected chi connectivity index (χ2v) is 6.34. The molecule has 0 unspecified atom stereocenters. The van der Waals surface area contributed by atoms with Gasteiger partial charge in [0.15, 0.2) is 0 Å². The zero-order valence-corrected chi connectivity index (χ0v) is 12.9. The molecule has 0 bridgehead atoms. The number of carboxylic acid groups (broad SMARTS) is 1. The summed E-state index contributed by atoms with van der Waals surface area (Å²) in [6.07, 6.45) is 0. The fourth-order valence-corrected chi connectivity index (χ4v) is 3.08. The third kappa shape index (κ3) is 4.37. The molecular weight excluding hydrogens is 289 g/mol. The van der Waals surface area contributed by atoms with Crippen molar-refractivity contribution in [2.45, 2.75) is 26.4 Å². The van der Waals surface area contributed by atoms with Crippen LogP contribution in [0.4, 0.5) is 4.39 Å². The number of hydrogen-bond donors (Lipinski definition) is 1. The summed E-state index contributed by atoms with van der Waals surface area (Å²) in [6, 6.07) is 10.6. The molecule has 1 N–H and O–H groups in total. The molecule has 0 amide bonds. The highest BCUT2D eigenvalue weighted by Gasteiger charge is 2.15. The molecule has 0 atom stereocenters. The second kappa shape index (κ2) is 6.83. The topological polar surface area (TPSA) is 40.5 Å². The van der Waals surface area contributed by atoms with Gasteiger partial charge in [-0.1, -0.05) is 12.1 Å². The SMILES string of the molecule is CC(C)N(CC(=O)O)Cc1ccc(-c2cccc(F)c2)s1. The zero-order chi connectivity index (χ0) is 15.4. The van der Waals surface area contributed by atoms with Crippen molar-refractivity contribution in [2.24, 2.45) is 0 Å². The van der Waals surface area contributed by atoms with Gasteiger partial charge in [0, 0.05) is 22.3 Å². The van der Waals surface area contributed by atoms with Crippen LogP contribution in [0.25, 0.3) is 10.4 Å². The highest BCUT2D eigenvalue weighted by atomic mass is 32.1. The summed E-state index contributed by atoms with van der Waals surface area (Å²) in [4.78, 5) is 14.8. The number of carboxylic acids is 1. The lowest BCUT2D eigenvalue weighted by Crippen LogP contribution is -2.34. The van der Waals surface area contributed by atoms with E-state index >= 15 is 0 Å². The van der Waals surface area contributed by atoms with Crippen molar-refractivity contribution in [2.75, 3.05) is 6.54 Å². The predicted octanol–water partition coefficient (Wildman–Crippen LogP) is 3.85. The van der Waals surface area contributed by atoms with Gasteiger partial charge >= 0.3 is 5.97 Å². The first-order chi connectivity index (χ1) is 9.95. The van der Waals surface area contributed by atoms with Crippen LogP contribution in [0.3, 0.4) is 0 Å². The Balaban J connectivity index is 2.14. The maximum Gasteiger partial charge on any atom is 0.317 e. The Hall–Kier alpha value is -1.72. The first-order valence-electron chi connectivity index (χ1n) is 6.76. The molecule has 0 aliphatic rings. The van der Waals surface area contributed by atoms with Gasteiger partial charge in [-0.2, -0.15) is 0 Å². The molecule has 2 rings (SSSR count). The molecule has 112 valence electrons. The first kappa shape index (κ1) is 15.7. The quantitative estimate of drug-likeness (QED) is 0.881. The van der Waals surface area contributed by atoms with E-state index in [1.807, 2.05) is 36.9 Å². The summed E-state index contributed by atoms with van der Waals surface area (Å²) in [7, 11) is 0. The van der Waals surface area contributed by atoms with Gasteiger partial charge in [-0.05, 0) is 43.7 Å². The number of carbonyl (C=O) groups is 1. The van der Waals surface area contributed by atoms with Gasteiger partial charge in [0.1, 0.15) is 5.82 Å². The van der Waals surface area contributed by atoms with Crippen LogP contribution in [0.15, 0.2) is 36.4 Å². The van der Waals surface area contributed by atoms with Gasteiger partial charge in [-0.15, -0.1) is 11.3 Å². The van der Waals surface area contributed by atoms with Crippen LogP contribution in [-0.4, -0.2) is 28.6 Å². The van der Waals surface area contributed by atoms with Gasteiger partial charge in [0.05, 0.1) is 6.54 Å². The molecule has 0 saturated carbocycles.